The lowest BCUT2D eigenvalue weighted by Gasteiger charge is -2.31. The fourth-order valence-electron chi connectivity index (χ4n) is 3.00. The van der Waals surface area contributed by atoms with Gasteiger partial charge in [0.15, 0.2) is 5.69 Å². The molecule has 0 aromatic carbocycles. The maximum absolute atomic E-state index is 12.6. The van der Waals surface area contributed by atoms with Crippen molar-refractivity contribution in [1.29, 1.82) is 0 Å². The molecule has 1 fully saturated rings. The number of piperidine rings is 1. The van der Waals surface area contributed by atoms with E-state index in [0.29, 0.717) is 37.7 Å². The number of alkyl halides is 3. The molecule has 10 heteroatoms. The smallest absolute Gasteiger partial charge is 0.337 e. The van der Waals surface area contributed by atoms with E-state index in [4.69, 9.17) is 0 Å². The Morgan fingerprint density at radius 1 is 1.31 bits per heavy atom. The molecule has 1 saturated heterocycles. The molecule has 1 amide bonds. The molecule has 1 aliphatic rings. The highest BCUT2D eigenvalue weighted by Crippen LogP contribution is 2.26. The molecule has 0 aliphatic carbocycles. The SMILES string of the molecule is Cc1cc(C(=O)N2CCC(Cn3cnc(C(F)(F)F)cc3=O)CC2)n[nH]1. The first-order chi connectivity index (χ1) is 12.2. The Kier molecular flexibility index (Phi) is 4.84. The van der Waals surface area contributed by atoms with Gasteiger partial charge in [-0.25, -0.2) is 4.98 Å². The number of amides is 1. The number of likely N-dealkylation sites (tertiary alicyclic amines) is 1. The predicted octanol–water partition coefficient (Wildman–Crippen LogP) is 1.85. The third kappa shape index (κ3) is 3.94. The van der Waals surface area contributed by atoms with Crippen molar-refractivity contribution in [2.24, 2.45) is 5.92 Å². The standard InChI is InChI=1S/C16H18F3N5O2/c1-10-6-12(22-21-10)15(26)23-4-2-11(3-5-23)8-24-9-20-13(7-14(24)25)16(17,18)19/h6-7,9,11H,2-5,8H2,1H3,(H,21,22). The van der Waals surface area contributed by atoms with Crippen molar-refractivity contribution in [2.45, 2.75) is 32.5 Å². The molecule has 0 atom stereocenters. The highest BCUT2D eigenvalue weighted by molar-refractivity contribution is 5.92. The Morgan fingerprint density at radius 2 is 2.00 bits per heavy atom. The van der Waals surface area contributed by atoms with E-state index in [-0.39, 0.29) is 18.4 Å². The number of hydrogen-bond donors (Lipinski definition) is 1. The summed E-state index contributed by atoms with van der Waals surface area (Å²) in [5.74, 6) is -0.0580. The van der Waals surface area contributed by atoms with Gasteiger partial charge in [0.05, 0.1) is 6.33 Å². The fourth-order valence-corrected chi connectivity index (χ4v) is 3.00. The van der Waals surface area contributed by atoms with Crippen LogP contribution in [0.3, 0.4) is 0 Å². The normalized spacial score (nSPS) is 16.1. The molecular formula is C16H18F3N5O2. The second-order valence-electron chi connectivity index (χ2n) is 6.43. The van der Waals surface area contributed by atoms with Gasteiger partial charge in [-0.1, -0.05) is 0 Å². The van der Waals surface area contributed by atoms with Gasteiger partial charge in [0.25, 0.3) is 11.5 Å². The third-order valence-electron chi connectivity index (χ3n) is 4.45. The van der Waals surface area contributed by atoms with Gasteiger partial charge in [0.1, 0.15) is 5.69 Å². The van der Waals surface area contributed by atoms with Crippen molar-refractivity contribution in [3.05, 3.63) is 45.9 Å². The zero-order valence-electron chi connectivity index (χ0n) is 14.1. The molecule has 26 heavy (non-hydrogen) atoms. The molecule has 2 aromatic rings. The van der Waals surface area contributed by atoms with Crippen LogP contribution in [-0.2, 0) is 12.7 Å². The van der Waals surface area contributed by atoms with E-state index in [2.05, 4.69) is 15.2 Å². The molecule has 7 nitrogen and oxygen atoms in total. The zero-order chi connectivity index (χ0) is 18.9. The summed E-state index contributed by atoms with van der Waals surface area (Å²) in [6, 6.07) is 2.19. The van der Waals surface area contributed by atoms with Gasteiger partial charge in [-0.2, -0.15) is 18.3 Å². The molecule has 0 spiro atoms. The van der Waals surface area contributed by atoms with E-state index in [0.717, 1.165) is 12.0 Å². The van der Waals surface area contributed by atoms with Crippen molar-refractivity contribution in [2.75, 3.05) is 13.1 Å². The topological polar surface area (TPSA) is 83.9 Å². The van der Waals surface area contributed by atoms with Crippen LogP contribution in [0.1, 0.15) is 34.7 Å². The van der Waals surface area contributed by atoms with Crippen molar-refractivity contribution in [3.63, 3.8) is 0 Å². The second-order valence-corrected chi connectivity index (χ2v) is 6.43. The first-order valence-electron chi connectivity index (χ1n) is 8.19. The molecule has 3 heterocycles. The minimum atomic E-state index is -4.63. The molecule has 1 N–H and O–H groups in total. The molecule has 140 valence electrons. The van der Waals surface area contributed by atoms with E-state index in [9.17, 15) is 22.8 Å². The summed E-state index contributed by atoms with van der Waals surface area (Å²) >= 11 is 0. The maximum Gasteiger partial charge on any atom is 0.433 e. The largest absolute Gasteiger partial charge is 0.433 e. The van der Waals surface area contributed by atoms with E-state index >= 15 is 0 Å². The molecule has 0 radical (unpaired) electrons. The summed E-state index contributed by atoms with van der Waals surface area (Å²) in [4.78, 5) is 29.2. The van der Waals surface area contributed by atoms with Crippen LogP contribution in [0.5, 0.6) is 0 Å². The van der Waals surface area contributed by atoms with E-state index in [1.54, 1.807) is 11.0 Å². The van der Waals surface area contributed by atoms with Gasteiger partial charge in [-0.15, -0.1) is 0 Å². The van der Waals surface area contributed by atoms with Crippen LogP contribution >= 0.6 is 0 Å². The highest BCUT2D eigenvalue weighted by atomic mass is 19.4. The Balaban J connectivity index is 1.59. The summed E-state index contributed by atoms with van der Waals surface area (Å²) in [6.45, 7) is 3.12. The predicted molar refractivity (Wildman–Crippen MR) is 85.5 cm³/mol. The number of aromatic nitrogens is 4. The van der Waals surface area contributed by atoms with Gasteiger partial charge < -0.3 is 4.90 Å². The van der Waals surface area contributed by atoms with Crippen molar-refractivity contribution in [3.8, 4) is 0 Å². The molecule has 2 aromatic heterocycles. The Hall–Kier alpha value is -2.65. The maximum atomic E-state index is 12.6. The fraction of sp³-hybridized carbons (Fsp3) is 0.500. The quantitative estimate of drug-likeness (QED) is 0.895. The van der Waals surface area contributed by atoms with Crippen molar-refractivity contribution in [1.82, 2.24) is 24.6 Å². The van der Waals surface area contributed by atoms with Gasteiger partial charge in [-0.3, -0.25) is 19.3 Å². The number of carbonyl (C=O) groups is 1. The lowest BCUT2D eigenvalue weighted by atomic mass is 9.96. The molecule has 0 saturated carbocycles. The average Bonchev–Trinajstić information content (AvgIpc) is 3.02. The highest BCUT2D eigenvalue weighted by Gasteiger charge is 2.33. The average molecular weight is 369 g/mol. The van der Waals surface area contributed by atoms with Gasteiger partial charge in [0.2, 0.25) is 0 Å². The molecule has 0 unspecified atom stereocenters. The zero-order valence-corrected chi connectivity index (χ0v) is 14.1. The lowest BCUT2D eigenvalue weighted by molar-refractivity contribution is -0.141. The molecule has 3 rings (SSSR count). The van der Waals surface area contributed by atoms with Crippen LogP contribution in [-0.4, -0.2) is 43.6 Å². The second kappa shape index (κ2) is 6.93. The van der Waals surface area contributed by atoms with Gasteiger partial charge in [-0.05, 0) is 31.7 Å². The number of nitrogens with zero attached hydrogens (tertiary/aromatic N) is 4. The number of carbonyl (C=O) groups excluding carboxylic acids is 1. The van der Waals surface area contributed by atoms with E-state index in [1.165, 1.54) is 4.57 Å². The summed E-state index contributed by atoms with van der Waals surface area (Å²) < 4.78 is 38.9. The van der Waals surface area contributed by atoms with E-state index in [1.807, 2.05) is 6.92 Å². The van der Waals surface area contributed by atoms with Crippen LogP contribution < -0.4 is 5.56 Å². The minimum absolute atomic E-state index is 0.0937. The minimum Gasteiger partial charge on any atom is -0.337 e. The lowest BCUT2D eigenvalue weighted by Crippen LogP contribution is -2.40. The summed E-state index contributed by atoms with van der Waals surface area (Å²) in [7, 11) is 0. The third-order valence-corrected chi connectivity index (χ3v) is 4.45. The van der Waals surface area contributed by atoms with Gasteiger partial charge in [0, 0.05) is 31.4 Å². The van der Waals surface area contributed by atoms with Crippen LogP contribution in [0, 0.1) is 12.8 Å². The van der Waals surface area contributed by atoms with Crippen LogP contribution in [0.4, 0.5) is 13.2 Å². The Morgan fingerprint density at radius 3 is 2.54 bits per heavy atom. The van der Waals surface area contributed by atoms with Crippen molar-refractivity contribution >= 4 is 5.91 Å². The number of hydrogen-bond acceptors (Lipinski definition) is 4. The summed E-state index contributed by atoms with van der Waals surface area (Å²) in [5, 5.41) is 6.68. The molecule has 0 bridgehead atoms. The number of nitrogens with one attached hydrogen (secondary N) is 1. The monoisotopic (exact) mass is 369 g/mol. The van der Waals surface area contributed by atoms with Crippen molar-refractivity contribution < 1.29 is 18.0 Å². The van der Waals surface area contributed by atoms with Crippen LogP contribution in [0.25, 0.3) is 0 Å². The van der Waals surface area contributed by atoms with E-state index < -0.39 is 17.4 Å². The Labute approximate surface area is 146 Å². The number of halogens is 3. The number of aromatic amines is 1. The van der Waals surface area contributed by atoms with Crippen LogP contribution in [0.2, 0.25) is 0 Å². The first kappa shape index (κ1) is 18.2. The molecule has 1 aliphatic heterocycles. The van der Waals surface area contributed by atoms with Crippen LogP contribution in [0.15, 0.2) is 23.3 Å². The number of rotatable bonds is 3. The summed E-state index contributed by atoms with van der Waals surface area (Å²) in [5.41, 5.74) is -0.743. The Bertz CT molecular complexity index is 850. The van der Waals surface area contributed by atoms with Gasteiger partial charge >= 0.3 is 6.18 Å². The first-order valence-corrected chi connectivity index (χ1v) is 8.19. The number of aryl methyl sites for hydroxylation is 1. The summed E-state index contributed by atoms with van der Waals surface area (Å²) in [6.07, 6.45) is -2.38. The molecular weight excluding hydrogens is 351 g/mol. The number of H-pyrrole nitrogens is 1.